The number of anilines is 1. The van der Waals surface area contributed by atoms with Crippen molar-refractivity contribution in [1.82, 2.24) is 9.88 Å². The van der Waals surface area contributed by atoms with Crippen LogP contribution in [0.4, 0.5) is 10.1 Å². The van der Waals surface area contributed by atoms with Gasteiger partial charge < -0.3 is 9.80 Å². The third-order valence-corrected chi connectivity index (χ3v) is 5.85. The Bertz CT molecular complexity index is 772. The molecule has 0 unspecified atom stereocenters. The molecule has 0 radical (unpaired) electrons. The van der Waals surface area contributed by atoms with E-state index in [2.05, 4.69) is 9.88 Å². The number of carbonyl (C=O) groups is 1. The van der Waals surface area contributed by atoms with E-state index in [1.807, 2.05) is 23.1 Å². The van der Waals surface area contributed by atoms with Gasteiger partial charge in [0.1, 0.15) is 5.82 Å². The van der Waals surface area contributed by atoms with Gasteiger partial charge in [0.05, 0.1) is 5.56 Å². The predicted octanol–water partition coefficient (Wildman–Crippen LogP) is 3.74. The smallest absolute Gasteiger partial charge is 0.255 e. The van der Waals surface area contributed by atoms with Crippen molar-refractivity contribution in [2.75, 3.05) is 31.1 Å². The van der Waals surface area contributed by atoms with Crippen molar-refractivity contribution in [3.8, 4) is 0 Å². The average molecular weight is 353 g/mol. The van der Waals surface area contributed by atoms with Gasteiger partial charge in [-0.05, 0) is 61.4 Å². The first-order valence-corrected chi connectivity index (χ1v) is 9.35. The van der Waals surface area contributed by atoms with Gasteiger partial charge in [-0.15, -0.1) is 0 Å². The molecule has 3 heterocycles. The first-order chi connectivity index (χ1) is 12.7. The molecule has 1 aromatic heterocycles. The quantitative estimate of drug-likeness (QED) is 0.825. The highest BCUT2D eigenvalue weighted by Gasteiger charge is 2.39. The number of pyridine rings is 1. The van der Waals surface area contributed by atoms with E-state index in [1.54, 1.807) is 24.5 Å². The second-order valence-corrected chi connectivity index (χ2v) is 7.54. The van der Waals surface area contributed by atoms with Gasteiger partial charge in [0.2, 0.25) is 0 Å². The number of piperidine rings is 2. The van der Waals surface area contributed by atoms with Crippen LogP contribution in [0.2, 0.25) is 0 Å². The van der Waals surface area contributed by atoms with Crippen LogP contribution in [0.3, 0.4) is 0 Å². The van der Waals surface area contributed by atoms with E-state index in [1.165, 1.54) is 12.5 Å². The van der Waals surface area contributed by atoms with Crippen LogP contribution < -0.4 is 4.90 Å². The first kappa shape index (κ1) is 17.0. The highest BCUT2D eigenvalue weighted by atomic mass is 19.1. The van der Waals surface area contributed by atoms with E-state index in [0.29, 0.717) is 5.56 Å². The minimum absolute atomic E-state index is 0.0877. The molecule has 4 rings (SSSR count). The summed E-state index contributed by atoms with van der Waals surface area (Å²) in [6, 6.07) is 10.5. The van der Waals surface area contributed by atoms with Crippen molar-refractivity contribution < 1.29 is 9.18 Å². The second kappa shape index (κ2) is 7.06. The molecular formula is C21H24FN3O. The SMILES string of the molecule is O=C(c1cccnc1)N1CCCC2(CCN(c3cccc(F)c3)CC2)C1. The Kier molecular flexibility index (Phi) is 4.62. The molecule has 0 N–H and O–H groups in total. The highest BCUT2D eigenvalue weighted by molar-refractivity contribution is 5.94. The van der Waals surface area contributed by atoms with Crippen molar-refractivity contribution >= 4 is 11.6 Å². The molecule has 26 heavy (non-hydrogen) atoms. The summed E-state index contributed by atoms with van der Waals surface area (Å²) < 4.78 is 13.5. The number of nitrogens with zero attached hydrogens (tertiary/aromatic N) is 3. The number of amides is 1. The number of benzene rings is 1. The number of carbonyl (C=O) groups excluding carboxylic acids is 1. The van der Waals surface area contributed by atoms with E-state index >= 15 is 0 Å². The van der Waals surface area contributed by atoms with Crippen LogP contribution in [0.25, 0.3) is 0 Å². The van der Waals surface area contributed by atoms with Crippen molar-refractivity contribution in [2.45, 2.75) is 25.7 Å². The van der Waals surface area contributed by atoms with Gasteiger partial charge in [0.15, 0.2) is 0 Å². The molecule has 2 fully saturated rings. The van der Waals surface area contributed by atoms with Crippen LogP contribution in [-0.2, 0) is 0 Å². The van der Waals surface area contributed by atoms with Gasteiger partial charge in [-0.25, -0.2) is 4.39 Å². The molecule has 2 saturated heterocycles. The topological polar surface area (TPSA) is 36.4 Å². The Hall–Kier alpha value is -2.43. The van der Waals surface area contributed by atoms with E-state index in [4.69, 9.17) is 0 Å². The summed E-state index contributed by atoms with van der Waals surface area (Å²) in [5, 5.41) is 0. The molecule has 136 valence electrons. The Balaban J connectivity index is 1.43. The molecule has 2 aliphatic heterocycles. The molecule has 5 heteroatoms. The largest absolute Gasteiger partial charge is 0.371 e. The summed E-state index contributed by atoms with van der Waals surface area (Å²) >= 11 is 0. The van der Waals surface area contributed by atoms with Gasteiger partial charge >= 0.3 is 0 Å². The number of rotatable bonds is 2. The Morgan fingerprint density at radius 2 is 1.92 bits per heavy atom. The number of hydrogen-bond donors (Lipinski definition) is 0. The molecule has 4 nitrogen and oxygen atoms in total. The van der Waals surface area contributed by atoms with Crippen molar-refractivity contribution in [3.05, 3.63) is 60.2 Å². The number of aromatic nitrogens is 1. The molecule has 0 saturated carbocycles. The van der Waals surface area contributed by atoms with Gasteiger partial charge in [-0.2, -0.15) is 0 Å². The highest BCUT2D eigenvalue weighted by Crippen LogP contribution is 2.41. The zero-order valence-electron chi connectivity index (χ0n) is 14.9. The maximum Gasteiger partial charge on any atom is 0.255 e. The zero-order chi connectivity index (χ0) is 18.0. The molecule has 1 amide bonds. The third kappa shape index (κ3) is 3.43. The predicted molar refractivity (Wildman–Crippen MR) is 99.7 cm³/mol. The monoisotopic (exact) mass is 353 g/mol. The summed E-state index contributed by atoms with van der Waals surface area (Å²) in [6.07, 6.45) is 7.64. The Morgan fingerprint density at radius 3 is 2.65 bits per heavy atom. The lowest BCUT2D eigenvalue weighted by atomic mass is 9.72. The molecular weight excluding hydrogens is 329 g/mol. The summed E-state index contributed by atoms with van der Waals surface area (Å²) in [4.78, 5) is 21.1. The second-order valence-electron chi connectivity index (χ2n) is 7.54. The average Bonchev–Trinajstić information content (AvgIpc) is 2.69. The molecule has 1 aromatic carbocycles. The summed E-state index contributed by atoms with van der Waals surface area (Å²) in [5.41, 5.74) is 1.82. The fraction of sp³-hybridized carbons (Fsp3) is 0.429. The number of hydrogen-bond acceptors (Lipinski definition) is 3. The maximum atomic E-state index is 13.5. The summed E-state index contributed by atoms with van der Waals surface area (Å²) in [7, 11) is 0. The van der Waals surface area contributed by atoms with E-state index < -0.39 is 0 Å². The molecule has 0 aliphatic carbocycles. The van der Waals surface area contributed by atoms with Gasteiger partial charge in [-0.3, -0.25) is 9.78 Å². The van der Waals surface area contributed by atoms with Crippen LogP contribution in [0, 0.1) is 11.2 Å². The lowest BCUT2D eigenvalue weighted by molar-refractivity contribution is 0.0434. The number of likely N-dealkylation sites (tertiary alicyclic amines) is 1. The third-order valence-electron chi connectivity index (χ3n) is 5.85. The Labute approximate surface area is 153 Å². The van der Waals surface area contributed by atoms with Crippen LogP contribution in [-0.4, -0.2) is 42.0 Å². The standard InChI is InChI=1S/C21H24FN3O/c22-18-5-1-6-19(14-18)24-12-8-21(9-13-24)7-3-11-25(16-21)20(26)17-4-2-10-23-15-17/h1-2,4-6,10,14-15H,3,7-9,11-13,16H2. The van der Waals surface area contributed by atoms with Crippen LogP contribution in [0.15, 0.2) is 48.8 Å². The maximum absolute atomic E-state index is 13.5. The Morgan fingerprint density at radius 1 is 1.08 bits per heavy atom. The molecule has 2 aliphatic rings. The van der Waals surface area contributed by atoms with Crippen LogP contribution in [0.1, 0.15) is 36.0 Å². The fourth-order valence-electron chi connectivity index (χ4n) is 4.37. The van der Waals surface area contributed by atoms with Crippen molar-refractivity contribution in [1.29, 1.82) is 0 Å². The van der Waals surface area contributed by atoms with Crippen LogP contribution in [0.5, 0.6) is 0 Å². The van der Waals surface area contributed by atoms with E-state index in [-0.39, 0.29) is 17.1 Å². The summed E-state index contributed by atoms with van der Waals surface area (Å²) in [6.45, 7) is 3.47. The van der Waals surface area contributed by atoms with Gasteiger partial charge in [-0.1, -0.05) is 6.07 Å². The molecule has 2 aromatic rings. The van der Waals surface area contributed by atoms with Crippen molar-refractivity contribution in [3.63, 3.8) is 0 Å². The lowest BCUT2D eigenvalue weighted by Crippen LogP contribution is -2.51. The molecule has 0 atom stereocenters. The summed E-state index contributed by atoms with van der Waals surface area (Å²) in [5.74, 6) is -0.0987. The zero-order valence-corrected chi connectivity index (χ0v) is 14.9. The van der Waals surface area contributed by atoms with E-state index in [9.17, 15) is 9.18 Å². The first-order valence-electron chi connectivity index (χ1n) is 9.35. The lowest BCUT2D eigenvalue weighted by Gasteiger charge is -2.48. The minimum Gasteiger partial charge on any atom is -0.371 e. The van der Waals surface area contributed by atoms with E-state index in [0.717, 1.165) is 51.1 Å². The normalized spacial score (nSPS) is 19.6. The van der Waals surface area contributed by atoms with Crippen molar-refractivity contribution in [2.24, 2.45) is 5.41 Å². The molecule has 1 spiro atoms. The molecule has 0 bridgehead atoms. The van der Waals surface area contributed by atoms with Gasteiger partial charge in [0.25, 0.3) is 5.91 Å². The van der Waals surface area contributed by atoms with Crippen LogP contribution >= 0.6 is 0 Å². The number of halogens is 1. The fourth-order valence-corrected chi connectivity index (χ4v) is 4.37. The van der Waals surface area contributed by atoms with Gasteiger partial charge in [0, 0.05) is 44.3 Å². The minimum atomic E-state index is -0.186.